The highest BCUT2D eigenvalue weighted by Gasteiger charge is 2.13. The van der Waals surface area contributed by atoms with Crippen molar-refractivity contribution in [1.82, 2.24) is 5.32 Å². The van der Waals surface area contributed by atoms with Crippen molar-refractivity contribution < 1.29 is 19.8 Å². The maximum Gasteiger partial charge on any atom is 0.332 e. The molecule has 0 spiro atoms. The van der Waals surface area contributed by atoms with Crippen LogP contribution in [0.3, 0.4) is 0 Å². The number of carbonyl (C=O) groups is 2. The minimum atomic E-state index is -1.44. The highest BCUT2D eigenvalue weighted by molar-refractivity contribution is 9.10. The van der Waals surface area contributed by atoms with Gasteiger partial charge < -0.3 is 15.5 Å². The van der Waals surface area contributed by atoms with Crippen molar-refractivity contribution in [1.29, 1.82) is 0 Å². The zero-order chi connectivity index (χ0) is 12.8. The minimum Gasteiger partial charge on any atom is -0.479 e. The van der Waals surface area contributed by atoms with Gasteiger partial charge in [0.1, 0.15) is 0 Å². The fraction of sp³-hybridized carbons (Fsp3) is 0.273. The van der Waals surface area contributed by atoms with Gasteiger partial charge in [0, 0.05) is 23.0 Å². The highest BCUT2D eigenvalue weighted by Crippen LogP contribution is 2.10. The summed E-state index contributed by atoms with van der Waals surface area (Å²) in [6, 6.07) is 6.77. The van der Waals surface area contributed by atoms with Gasteiger partial charge in [0.15, 0.2) is 6.10 Å². The molecule has 1 atom stereocenters. The number of halogens is 1. The Morgan fingerprint density at radius 3 is 2.41 bits per heavy atom. The molecule has 1 aromatic rings. The second kappa shape index (κ2) is 6.36. The number of nitrogens with one attached hydrogen (secondary N) is 1. The summed E-state index contributed by atoms with van der Waals surface area (Å²) in [6.07, 6.45) is -1.46. The first-order chi connectivity index (χ1) is 8.00. The number of carboxylic acid groups (broad SMARTS) is 1. The predicted molar refractivity (Wildman–Crippen MR) is 64.7 cm³/mol. The van der Waals surface area contributed by atoms with Crippen LogP contribution in [0.25, 0.3) is 0 Å². The summed E-state index contributed by atoms with van der Waals surface area (Å²) in [4.78, 5) is 21.9. The molecule has 5 nitrogen and oxygen atoms in total. The summed E-state index contributed by atoms with van der Waals surface area (Å²) in [5.41, 5.74) is 0.484. The molecule has 0 heterocycles. The molecule has 0 aliphatic heterocycles. The summed E-state index contributed by atoms with van der Waals surface area (Å²) in [5.74, 6) is -1.59. The Labute approximate surface area is 107 Å². The van der Waals surface area contributed by atoms with Gasteiger partial charge in [-0.05, 0) is 24.3 Å². The van der Waals surface area contributed by atoms with Crippen LogP contribution in [0.5, 0.6) is 0 Å². The van der Waals surface area contributed by atoms with Gasteiger partial charge in [-0.2, -0.15) is 0 Å². The van der Waals surface area contributed by atoms with Gasteiger partial charge in [-0.1, -0.05) is 15.9 Å². The molecule has 0 aliphatic rings. The van der Waals surface area contributed by atoms with Crippen LogP contribution < -0.4 is 5.32 Å². The molecule has 0 bridgehead atoms. The fourth-order valence-electron chi connectivity index (χ4n) is 1.15. The van der Waals surface area contributed by atoms with Crippen molar-refractivity contribution >= 4 is 27.8 Å². The van der Waals surface area contributed by atoms with E-state index < -0.39 is 12.1 Å². The van der Waals surface area contributed by atoms with Crippen LogP contribution in [0, 0.1) is 0 Å². The molecule has 6 heteroatoms. The van der Waals surface area contributed by atoms with Gasteiger partial charge in [0.2, 0.25) is 0 Å². The van der Waals surface area contributed by atoms with E-state index in [2.05, 4.69) is 21.2 Å². The van der Waals surface area contributed by atoms with E-state index in [0.29, 0.717) is 5.56 Å². The molecule has 1 rings (SSSR count). The standard InChI is InChI=1S/C11H12BrNO4/c12-8-3-1-7(2-4-8)10(15)13-6-5-9(14)11(16)17/h1-4,9,14H,5-6H2,(H,13,15)(H,16,17)/t9-/m0/s1. The van der Waals surface area contributed by atoms with Crippen molar-refractivity contribution in [3.05, 3.63) is 34.3 Å². The Kier molecular flexibility index (Phi) is 5.11. The molecule has 0 unspecified atom stereocenters. The third kappa shape index (κ3) is 4.54. The monoisotopic (exact) mass is 301 g/mol. The van der Waals surface area contributed by atoms with Crippen LogP contribution in [0.15, 0.2) is 28.7 Å². The first kappa shape index (κ1) is 13.7. The Bertz CT molecular complexity index is 404. The molecule has 0 aromatic heterocycles. The molecular formula is C11H12BrNO4. The smallest absolute Gasteiger partial charge is 0.332 e. The Balaban J connectivity index is 2.40. The van der Waals surface area contributed by atoms with Crippen LogP contribution in [0.4, 0.5) is 0 Å². The van der Waals surface area contributed by atoms with Crippen molar-refractivity contribution in [2.24, 2.45) is 0 Å². The van der Waals surface area contributed by atoms with E-state index in [1.54, 1.807) is 24.3 Å². The van der Waals surface area contributed by atoms with Gasteiger partial charge >= 0.3 is 5.97 Å². The van der Waals surface area contributed by atoms with E-state index in [0.717, 1.165) is 4.47 Å². The van der Waals surface area contributed by atoms with Gasteiger partial charge in [0.25, 0.3) is 5.91 Å². The van der Waals surface area contributed by atoms with Crippen molar-refractivity contribution in [3.63, 3.8) is 0 Å². The number of aliphatic carboxylic acids is 1. The van der Waals surface area contributed by atoms with E-state index in [-0.39, 0.29) is 18.9 Å². The van der Waals surface area contributed by atoms with Crippen LogP contribution in [-0.4, -0.2) is 34.7 Å². The minimum absolute atomic E-state index is 0.0163. The maximum atomic E-state index is 11.6. The molecule has 1 aromatic carbocycles. The quantitative estimate of drug-likeness (QED) is 0.758. The SMILES string of the molecule is O=C(NCC[C@H](O)C(=O)O)c1ccc(Br)cc1. The molecule has 3 N–H and O–H groups in total. The topological polar surface area (TPSA) is 86.6 Å². The average Bonchev–Trinajstić information content (AvgIpc) is 2.29. The van der Waals surface area contributed by atoms with Crippen LogP contribution in [0.2, 0.25) is 0 Å². The normalized spacial score (nSPS) is 11.9. The summed E-state index contributed by atoms with van der Waals surface area (Å²) in [6.45, 7) is 0.113. The second-order valence-electron chi connectivity index (χ2n) is 3.41. The van der Waals surface area contributed by atoms with E-state index in [1.807, 2.05) is 0 Å². The number of hydrogen-bond acceptors (Lipinski definition) is 3. The summed E-state index contributed by atoms with van der Waals surface area (Å²) in [5, 5.41) is 19.9. The zero-order valence-corrected chi connectivity index (χ0v) is 10.5. The molecule has 17 heavy (non-hydrogen) atoms. The predicted octanol–water partition coefficient (Wildman–Crippen LogP) is 1.01. The molecule has 0 fully saturated rings. The maximum absolute atomic E-state index is 11.6. The first-order valence-corrected chi connectivity index (χ1v) is 5.74. The number of aliphatic hydroxyl groups excluding tert-OH is 1. The summed E-state index contributed by atoms with van der Waals surface area (Å²) >= 11 is 3.25. The van der Waals surface area contributed by atoms with Crippen LogP contribution >= 0.6 is 15.9 Å². The Morgan fingerprint density at radius 1 is 1.29 bits per heavy atom. The molecular weight excluding hydrogens is 290 g/mol. The Morgan fingerprint density at radius 2 is 1.88 bits per heavy atom. The molecule has 92 valence electrons. The lowest BCUT2D eigenvalue weighted by atomic mass is 10.2. The molecule has 1 amide bonds. The van der Waals surface area contributed by atoms with Crippen LogP contribution in [-0.2, 0) is 4.79 Å². The van der Waals surface area contributed by atoms with Crippen LogP contribution in [0.1, 0.15) is 16.8 Å². The molecule has 0 aliphatic carbocycles. The lowest BCUT2D eigenvalue weighted by Gasteiger charge is -2.07. The number of benzene rings is 1. The fourth-order valence-corrected chi connectivity index (χ4v) is 1.41. The molecule has 0 radical (unpaired) electrons. The number of hydrogen-bond donors (Lipinski definition) is 3. The highest BCUT2D eigenvalue weighted by atomic mass is 79.9. The number of aliphatic hydroxyl groups is 1. The average molecular weight is 302 g/mol. The summed E-state index contributed by atoms with van der Waals surface area (Å²) < 4.78 is 0.871. The molecule has 0 saturated carbocycles. The van der Waals surface area contributed by atoms with Gasteiger partial charge in [-0.15, -0.1) is 0 Å². The van der Waals surface area contributed by atoms with E-state index in [9.17, 15) is 9.59 Å². The Hall–Kier alpha value is -1.40. The number of carbonyl (C=O) groups excluding carboxylic acids is 1. The summed E-state index contributed by atoms with van der Waals surface area (Å²) in [7, 11) is 0. The van der Waals surface area contributed by atoms with Gasteiger partial charge in [0.05, 0.1) is 0 Å². The number of rotatable bonds is 5. The van der Waals surface area contributed by atoms with Crippen molar-refractivity contribution in [2.75, 3.05) is 6.54 Å². The first-order valence-electron chi connectivity index (χ1n) is 4.95. The molecule has 0 saturated heterocycles. The number of carboxylic acids is 1. The van der Waals surface area contributed by atoms with E-state index in [4.69, 9.17) is 10.2 Å². The lowest BCUT2D eigenvalue weighted by Crippen LogP contribution is -2.29. The van der Waals surface area contributed by atoms with Gasteiger partial charge in [-0.25, -0.2) is 4.79 Å². The van der Waals surface area contributed by atoms with E-state index in [1.165, 1.54) is 0 Å². The van der Waals surface area contributed by atoms with Crippen molar-refractivity contribution in [2.45, 2.75) is 12.5 Å². The second-order valence-corrected chi connectivity index (χ2v) is 4.32. The third-order valence-electron chi connectivity index (χ3n) is 2.09. The van der Waals surface area contributed by atoms with Crippen molar-refractivity contribution in [3.8, 4) is 0 Å². The number of amides is 1. The largest absolute Gasteiger partial charge is 0.479 e. The lowest BCUT2D eigenvalue weighted by molar-refractivity contribution is -0.146. The third-order valence-corrected chi connectivity index (χ3v) is 2.62. The van der Waals surface area contributed by atoms with Gasteiger partial charge in [-0.3, -0.25) is 4.79 Å². The van der Waals surface area contributed by atoms with E-state index >= 15 is 0 Å². The zero-order valence-electron chi connectivity index (χ0n) is 8.89.